The molecule has 0 fully saturated rings. The van der Waals surface area contributed by atoms with Crippen molar-refractivity contribution in [3.63, 3.8) is 0 Å². The smallest absolute Gasteiger partial charge is 0.235 e. The number of fused-ring (bicyclic) bond motifs is 1. The van der Waals surface area contributed by atoms with Gasteiger partial charge in [-0.25, -0.2) is 0 Å². The van der Waals surface area contributed by atoms with E-state index in [9.17, 15) is 4.79 Å². The molecule has 0 bridgehead atoms. The molecule has 0 N–H and O–H groups in total. The van der Waals surface area contributed by atoms with Crippen LogP contribution in [0.15, 0.2) is 22.6 Å². The van der Waals surface area contributed by atoms with Crippen LogP contribution >= 0.6 is 0 Å². The molecule has 0 saturated heterocycles. The number of hydrogen-bond donors (Lipinski definition) is 0. The molecule has 0 atom stereocenters. The number of Topliss-reactive ketones (excluding diaryl/α,β-unsaturated/α-hetero) is 1. The topological polar surface area (TPSA) is 59.2 Å². The lowest BCUT2D eigenvalue weighted by Crippen LogP contribution is -2.19. The molecule has 0 saturated carbocycles. The minimum Gasteiger partial charge on any atom is -0.423 e. The second-order valence-electron chi connectivity index (χ2n) is 5.01. The van der Waals surface area contributed by atoms with Gasteiger partial charge < -0.3 is 9.32 Å². The van der Waals surface area contributed by atoms with Crippen molar-refractivity contribution in [3.8, 4) is 0 Å². The van der Waals surface area contributed by atoms with Crippen molar-refractivity contribution >= 4 is 11.5 Å². The van der Waals surface area contributed by atoms with Crippen LogP contribution in [0.5, 0.6) is 0 Å². The summed E-state index contributed by atoms with van der Waals surface area (Å²) in [5.41, 5.74) is 3.15. The first-order valence-electron chi connectivity index (χ1n) is 6.87. The molecule has 1 aliphatic rings. The molecule has 3 rings (SSSR count). The van der Waals surface area contributed by atoms with E-state index in [2.05, 4.69) is 15.1 Å². The summed E-state index contributed by atoms with van der Waals surface area (Å²) >= 11 is 0. The Morgan fingerprint density at radius 1 is 1.35 bits per heavy atom. The summed E-state index contributed by atoms with van der Waals surface area (Å²) in [5, 5.41) is 8.04. The van der Waals surface area contributed by atoms with Crippen LogP contribution in [-0.2, 0) is 19.4 Å². The summed E-state index contributed by atoms with van der Waals surface area (Å²) < 4.78 is 5.55. The highest BCUT2D eigenvalue weighted by molar-refractivity contribution is 5.94. The van der Waals surface area contributed by atoms with Crippen LogP contribution in [0, 0.1) is 0 Å². The minimum absolute atomic E-state index is 0.107. The number of aromatic nitrogens is 2. The van der Waals surface area contributed by atoms with Gasteiger partial charge in [-0.3, -0.25) is 4.79 Å². The molecular weight excluding hydrogens is 254 g/mol. The zero-order valence-corrected chi connectivity index (χ0v) is 11.7. The fourth-order valence-electron chi connectivity index (χ4n) is 2.51. The number of hydrogen-bond acceptors (Lipinski definition) is 5. The first-order valence-corrected chi connectivity index (χ1v) is 6.87. The number of benzene rings is 1. The van der Waals surface area contributed by atoms with Crippen molar-refractivity contribution in [2.24, 2.45) is 0 Å². The molecule has 0 unspecified atom stereocenters. The van der Waals surface area contributed by atoms with Crippen LogP contribution in [0.4, 0.5) is 5.69 Å². The van der Waals surface area contributed by atoms with Crippen molar-refractivity contribution < 1.29 is 9.21 Å². The summed E-state index contributed by atoms with van der Waals surface area (Å²) in [6.07, 6.45) is 1.71. The first kappa shape index (κ1) is 12.8. The van der Waals surface area contributed by atoms with Crippen molar-refractivity contribution in [1.82, 2.24) is 10.2 Å². The van der Waals surface area contributed by atoms with Crippen molar-refractivity contribution in [3.05, 3.63) is 41.1 Å². The zero-order chi connectivity index (χ0) is 14.1. The molecule has 0 radical (unpaired) electrons. The maximum Gasteiger partial charge on any atom is 0.235 e. The molecule has 5 heteroatoms. The predicted molar refractivity (Wildman–Crippen MR) is 74.9 cm³/mol. The summed E-state index contributed by atoms with van der Waals surface area (Å²) in [6.45, 7) is 5.13. The number of anilines is 1. The SMILES string of the molecule is CCc1nnc(CN2CCc3cc(C(C)=O)ccc32)o1. The summed E-state index contributed by atoms with van der Waals surface area (Å²) in [5.74, 6) is 1.42. The van der Waals surface area contributed by atoms with E-state index >= 15 is 0 Å². The van der Waals surface area contributed by atoms with Gasteiger partial charge in [-0.2, -0.15) is 0 Å². The van der Waals surface area contributed by atoms with Crippen molar-refractivity contribution in [2.75, 3.05) is 11.4 Å². The van der Waals surface area contributed by atoms with E-state index in [1.54, 1.807) is 6.92 Å². The highest BCUT2D eigenvalue weighted by Gasteiger charge is 2.21. The van der Waals surface area contributed by atoms with Crippen molar-refractivity contribution in [1.29, 1.82) is 0 Å². The number of carbonyl (C=O) groups is 1. The number of ketones is 1. The monoisotopic (exact) mass is 271 g/mol. The Morgan fingerprint density at radius 2 is 2.15 bits per heavy atom. The van der Waals surface area contributed by atoms with Crippen LogP contribution in [0.3, 0.4) is 0 Å². The van der Waals surface area contributed by atoms with Crippen LogP contribution in [0.25, 0.3) is 0 Å². The second-order valence-corrected chi connectivity index (χ2v) is 5.01. The Balaban J connectivity index is 1.80. The predicted octanol–water partition coefficient (Wildman–Crippen LogP) is 2.40. The van der Waals surface area contributed by atoms with Crippen LogP contribution in [-0.4, -0.2) is 22.5 Å². The van der Waals surface area contributed by atoms with E-state index in [-0.39, 0.29) is 5.78 Å². The fraction of sp³-hybridized carbons (Fsp3) is 0.400. The highest BCUT2D eigenvalue weighted by Crippen LogP contribution is 2.30. The molecule has 20 heavy (non-hydrogen) atoms. The Bertz CT molecular complexity index is 648. The molecule has 0 spiro atoms. The molecule has 0 amide bonds. The van der Waals surface area contributed by atoms with Gasteiger partial charge in [-0.05, 0) is 37.1 Å². The molecule has 1 aromatic heterocycles. The van der Waals surface area contributed by atoms with Gasteiger partial charge in [0, 0.05) is 24.2 Å². The molecule has 2 heterocycles. The van der Waals surface area contributed by atoms with Crippen molar-refractivity contribution in [2.45, 2.75) is 33.2 Å². The Hall–Kier alpha value is -2.17. The standard InChI is InChI=1S/C15H17N3O2/c1-3-14-16-17-15(20-14)9-18-7-6-12-8-11(10(2)19)4-5-13(12)18/h4-5,8H,3,6-7,9H2,1-2H3. The lowest BCUT2D eigenvalue weighted by molar-refractivity contribution is 0.101. The van der Waals surface area contributed by atoms with E-state index in [1.165, 1.54) is 5.56 Å². The first-order chi connectivity index (χ1) is 9.67. The van der Waals surface area contributed by atoms with Crippen LogP contribution < -0.4 is 4.90 Å². The van der Waals surface area contributed by atoms with Gasteiger partial charge in [0.15, 0.2) is 5.78 Å². The van der Waals surface area contributed by atoms with E-state index in [0.29, 0.717) is 18.3 Å². The summed E-state index contributed by atoms with van der Waals surface area (Å²) in [7, 11) is 0. The van der Waals surface area contributed by atoms with Gasteiger partial charge in [-0.1, -0.05) is 6.92 Å². The van der Waals surface area contributed by atoms with E-state index in [1.807, 2.05) is 25.1 Å². The average Bonchev–Trinajstić information content (AvgIpc) is 3.06. The highest BCUT2D eigenvalue weighted by atomic mass is 16.4. The van der Waals surface area contributed by atoms with Gasteiger partial charge in [-0.15, -0.1) is 10.2 Å². The lowest BCUT2D eigenvalue weighted by Gasteiger charge is -2.17. The molecule has 5 nitrogen and oxygen atoms in total. The Kier molecular flexibility index (Phi) is 3.26. The molecule has 1 aliphatic heterocycles. The third-order valence-corrected chi connectivity index (χ3v) is 3.62. The molecule has 2 aromatic rings. The molecular formula is C15H17N3O2. The number of nitrogens with zero attached hydrogens (tertiary/aromatic N) is 3. The minimum atomic E-state index is 0.107. The maximum absolute atomic E-state index is 11.4. The normalized spacial score (nSPS) is 13.6. The Labute approximate surface area is 117 Å². The fourth-order valence-corrected chi connectivity index (χ4v) is 2.51. The van der Waals surface area contributed by atoms with E-state index in [0.717, 1.165) is 30.6 Å². The van der Waals surface area contributed by atoms with Crippen LogP contribution in [0.2, 0.25) is 0 Å². The average molecular weight is 271 g/mol. The third kappa shape index (κ3) is 2.31. The van der Waals surface area contributed by atoms with Gasteiger partial charge in [0.1, 0.15) is 0 Å². The molecule has 104 valence electrons. The summed E-state index contributed by atoms with van der Waals surface area (Å²) in [4.78, 5) is 13.6. The quantitative estimate of drug-likeness (QED) is 0.799. The van der Waals surface area contributed by atoms with E-state index < -0.39 is 0 Å². The van der Waals surface area contributed by atoms with Gasteiger partial charge in [0.2, 0.25) is 11.8 Å². The largest absolute Gasteiger partial charge is 0.423 e. The number of aryl methyl sites for hydroxylation is 1. The third-order valence-electron chi connectivity index (χ3n) is 3.62. The number of rotatable bonds is 4. The van der Waals surface area contributed by atoms with Gasteiger partial charge in [0.25, 0.3) is 0 Å². The van der Waals surface area contributed by atoms with Gasteiger partial charge in [0.05, 0.1) is 6.54 Å². The maximum atomic E-state index is 11.4. The van der Waals surface area contributed by atoms with Crippen LogP contribution in [0.1, 0.15) is 41.6 Å². The summed E-state index contributed by atoms with van der Waals surface area (Å²) in [6, 6.07) is 5.88. The lowest BCUT2D eigenvalue weighted by atomic mass is 10.1. The van der Waals surface area contributed by atoms with E-state index in [4.69, 9.17) is 4.42 Å². The zero-order valence-electron chi connectivity index (χ0n) is 11.7. The number of carbonyl (C=O) groups excluding carboxylic acids is 1. The van der Waals surface area contributed by atoms with Gasteiger partial charge >= 0.3 is 0 Å². The Morgan fingerprint density at radius 3 is 2.85 bits per heavy atom. The second kappa shape index (κ2) is 5.07. The molecule has 1 aromatic carbocycles. The molecule has 0 aliphatic carbocycles.